The van der Waals surface area contributed by atoms with E-state index in [0.29, 0.717) is 5.75 Å². The van der Waals surface area contributed by atoms with Crippen molar-refractivity contribution >= 4 is 11.5 Å². The Balaban J connectivity index is 2.91. The second-order valence-corrected chi connectivity index (χ2v) is 2.90. The van der Waals surface area contributed by atoms with E-state index in [1.807, 2.05) is 19.1 Å². The number of rotatable bonds is 2. The number of carbonyl (C=O) groups excluding carboxylic acids is 1. The van der Waals surface area contributed by atoms with Crippen molar-refractivity contribution < 1.29 is 9.53 Å². The number of benzene rings is 1. The summed E-state index contributed by atoms with van der Waals surface area (Å²) in [5.41, 5.74) is 1.94. The van der Waals surface area contributed by atoms with E-state index in [-0.39, 0.29) is 5.97 Å². The lowest BCUT2D eigenvalue weighted by Crippen LogP contribution is -2.01. The monoisotopic (exact) mass is 176 g/mol. The molecule has 0 spiro atoms. The standard InChI is InChI=1S/C11H12O2/c1-8(2)10-5-4-6-11(7-10)13-9(3)12/h4-7H,1H2,2-3H3. The quantitative estimate of drug-likeness (QED) is 0.511. The molecule has 0 N–H and O–H groups in total. The maximum Gasteiger partial charge on any atom is 0.308 e. The van der Waals surface area contributed by atoms with E-state index in [4.69, 9.17) is 4.74 Å². The van der Waals surface area contributed by atoms with Crippen LogP contribution in [0.3, 0.4) is 0 Å². The zero-order valence-electron chi connectivity index (χ0n) is 7.83. The van der Waals surface area contributed by atoms with Gasteiger partial charge in [-0.25, -0.2) is 0 Å². The number of carbonyl (C=O) groups is 1. The largest absolute Gasteiger partial charge is 0.427 e. The molecular formula is C11H12O2. The summed E-state index contributed by atoms with van der Waals surface area (Å²) in [6, 6.07) is 7.30. The minimum atomic E-state index is -0.307. The average molecular weight is 176 g/mol. The summed E-state index contributed by atoms with van der Waals surface area (Å²) in [7, 11) is 0. The SMILES string of the molecule is C=C(C)c1cccc(OC(C)=O)c1. The lowest BCUT2D eigenvalue weighted by atomic mass is 10.1. The minimum absolute atomic E-state index is 0.307. The van der Waals surface area contributed by atoms with Gasteiger partial charge in [0.25, 0.3) is 0 Å². The molecule has 1 rings (SSSR count). The van der Waals surface area contributed by atoms with Crippen LogP contribution in [-0.2, 0) is 4.79 Å². The Labute approximate surface area is 77.8 Å². The van der Waals surface area contributed by atoms with Gasteiger partial charge in [0.15, 0.2) is 0 Å². The van der Waals surface area contributed by atoms with Gasteiger partial charge in [-0.2, -0.15) is 0 Å². The van der Waals surface area contributed by atoms with Crippen molar-refractivity contribution in [1.82, 2.24) is 0 Å². The zero-order chi connectivity index (χ0) is 9.84. The molecule has 0 radical (unpaired) electrons. The van der Waals surface area contributed by atoms with Crippen molar-refractivity contribution in [2.24, 2.45) is 0 Å². The number of ether oxygens (including phenoxy) is 1. The highest BCUT2D eigenvalue weighted by molar-refractivity contribution is 5.70. The molecule has 0 heterocycles. The van der Waals surface area contributed by atoms with Gasteiger partial charge in [-0.3, -0.25) is 4.79 Å². The number of esters is 1. The molecule has 1 aromatic carbocycles. The second-order valence-electron chi connectivity index (χ2n) is 2.90. The average Bonchev–Trinajstić information content (AvgIpc) is 2.03. The van der Waals surface area contributed by atoms with Gasteiger partial charge in [0.05, 0.1) is 0 Å². The van der Waals surface area contributed by atoms with Crippen molar-refractivity contribution in [2.45, 2.75) is 13.8 Å². The first-order valence-corrected chi connectivity index (χ1v) is 4.04. The summed E-state index contributed by atoms with van der Waals surface area (Å²) in [6.07, 6.45) is 0. The molecule has 0 aromatic heterocycles. The van der Waals surface area contributed by atoms with Gasteiger partial charge >= 0.3 is 5.97 Å². The highest BCUT2D eigenvalue weighted by Gasteiger charge is 1.99. The Bertz CT molecular complexity index is 340. The first-order valence-electron chi connectivity index (χ1n) is 4.04. The smallest absolute Gasteiger partial charge is 0.308 e. The molecule has 1 aromatic rings. The highest BCUT2D eigenvalue weighted by atomic mass is 16.5. The van der Waals surface area contributed by atoms with Gasteiger partial charge in [-0.15, -0.1) is 0 Å². The number of hydrogen-bond donors (Lipinski definition) is 0. The fraction of sp³-hybridized carbons (Fsp3) is 0.182. The summed E-state index contributed by atoms with van der Waals surface area (Å²) in [5, 5.41) is 0. The van der Waals surface area contributed by atoms with Gasteiger partial charge in [-0.05, 0) is 24.6 Å². The van der Waals surface area contributed by atoms with Crippen molar-refractivity contribution in [3.63, 3.8) is 0 Å². The molecule has 0 amide bonds. The molecule has 0 aliphatic rings. The van der Waals surface area contributed by atoms with E-state index >= 15 is 0 Å². The summed E-state index contributed by atoms with van der Waals surface area (Å²) in [5.74, 6) is 0.256. The molecule has 68 valence electrons. The summed E-state index contributed by atoms with van der Waals surface area (Å²) in [4.78, 5) is 10.6. The molecule has 13 heavy (non-hydrogen) atoms. The third kappa shape index (κ3) is 2.75. The lowest BCUT2D eigenvalue weighted by Gasteiger charge is -2.03. The van der Waals surface area contributed by atoms with E-state index in [1.54, 1.807) is 12.1 Å². The lowest BCUT2D eigenvalue weighted by molar-refractivity contribution is -0.131. The van der Waals surface area contributed by atoms with E-state index < -0.39 is 0 Å². The first kappa shape index (κ1) is 9.52. The third-order valence-electron chi connectivity index (χ3n) is 1.59. The molecule has 0 saturated carbocycles. The van der Waals surface area contributed by atoms with Crippen LogP contribution in [0.1, 0.15) is 19.4 Å². The minimum Gasteiger partial charge on any atom is -0.427 e. The fourth-order valence-electron chi connectivity index (χ4n) is 0.991. The Hall–Kier alpha value is -1.57. The van der Waals surface area contributed by atoms with Gasteiger partial charge < -0.3 is 4.74 Å². The van der Waals surface area contributed by atoms with E-state index in [1.165, 1.54) is 6.92 Å². The Morgan fingerprint density at radius 2 is 2.08 bits per heavy atom. The molecule has 0 aliphatic heterocycles. The van der Waals surface area contributed by atoms with Gasteiger partial charge in [-0.1, -0.05) is 24.3 Å². The van der Waals surface area contributed by atoms with Crippen LogP contribution in [0.2, 0.25) is 0 Å². The molecule has 0 saturated heterocycles. The summed E-state index contributed by atoms with van der Waals surface area (Å²) in [6.45, 7) is 7.10. The predicted octanol–water partition coefficient (Wildman–Crippen LogP) is 2.65. The van der Waals surface area contributed by atoms with Crippen LogP contribution < -0.4 is 4.74 Å². The van der Waals surface area contributed by atoms with Crippen LogP contribution in [0.25, 0.3) is 5.57 Å². The van der Waals surface area contributed by atoms with Crippen LogP contribution in [0.15, 0.2) is 30.8 Å². The Kier molecular flexibility index (Phi) is 2.85. The molecule has 0 atom stereocenters. The molecule has 0 aliphatic carbocycles. The Morgan fingerprint density at radius 3 is 2.62 bits per heavy atom. The summed E-state index contributed by atoms with van der Waals surface area (Å²) < 4.78 is 4.92. The maximum absolute atomic E-state index is 10.6. The molecule has 0 bridgehead atoms. The topological polar surface area (TPSA) is 26.3 Å². The van der Waals surface area contributed by atoms with E-state index in [0.717, 1.165) is 11.1 Å². The van der Waals surface area contributed by atoms with E-state index in [2.05, 4.69) is 6.58 Å². The molecule has 2 heteroatoms. The second kappa shape index (κ2) is 3.90. The van der Waals surface area contributed by atoms with Crippen molar-refractivity contribution in [1.29, 1.82) is 0 Å². The third-order valence-corrected chi connectivity index (χ3v) is 1.59. The molecule has 0 unspecified atom stereocenters. The van der Waals surface area contributed by atoms with Crippen molar-refractivity contribution in [3.05, 3.63) is 36.4 Å². The van der Waals surface area contributed by atoms with Crippen LogP contribution in [0.5, 0.6) is 5.75 Å². The van der Waals surface area contributed by atoms with Gasteiger partial charge in [0.1, 0.15) is 5.75 Å². The maximum atomic E-state index is 10.6. The van der Waals surface area contributed by atoms with Crippen molar-refractivity contribution in [3.8, 4) is 5.75 Å². The normalized spacial score (nSPS) is 9.38. The summed E-state index contributed by atoms with van der Waals surface area (Å²) >= 11 is 0. The highest BCUT2D eigenvalue weighted by Crippen LogP contribution is 2.18. The Morgan fingerprint density at radius 1 is 1.38 bits per heavy atom. The predicted molar refractivity (Wildman–Crippen MR) is 52.5 cm³/mol. The zero-order valence-corrected chi connectivity index (χ0v) is 7.83. The number of allylic oxidation sites excluding steroid dienone is 1. The van der Waals surface area contributed by atoms with Crippen LogP contribution in [0.4, 0.5) is 0 Å². The van der Waals surface area contributed by atoms with Crippen LogP contribution in [-0.4, -0.2) is 5.97 Å². The first-order chi connectivity index (χ1) is 6.09. The van der Waals surface area contributed by atoms with Crippen LogP contribution in [0, 0.1) is 0 Å². The van der Waals surface area contributed by atoms with Crippen LogP contribution >= 0.6 is 0 Å². The van der Waals surface area contributed by atoms with Gasteiger partial charge in [0, 0.05) is 6.92 Å². The van der Waals surface area contributed by atoms with Gasteiger partial charge in [0.2, 0.25) is 0 Å². The molecular weight excluding hydrogens is 164 g/mol. The van der Waals surface area contributed by atoms with E-state index in [9.17, 15) is 4.79 Å². The van der Waals surface area contributed by atoms with Crippen molar-refractivity contribution in [2.75, 3.05) is 0 Å². The number of hydrogen-bond acceptors (Lipinski definition) is 2. The fourth-order valence-corrected chi connectivity index (χ4v) is 0.991. The molecule has 2 nitrogen and oxygen atoms in total. The molecule has 0 fully saturated rings.